The number of aryl methyl sites for hydroxylation is 1. The minimum Gasteiger partial charge on any atom is -0.299 e. The van der Waals surface area contributed by atoms with Crippen LogP contribution < -0.4 is 5.32 Å². The Hall–Kier alpha value is -0.850. The van der Waals surface area contributed by atoms with Crippen molar-refractivity contribution in [2.75, 3.05) is 0 Å². The van der Waals surface area contributed by atoms with Crippen LogP contribution in [0.15, 0.2) is 10.9 Å². The molecule has 0 saturated heterocycles. The summed E-state index contributed by atoms with van der Waals surface area (Å²) in [5.41, 5.74) is 3.00. The number of thiazole rings is 1. The molecular formula is C11H14N4S2. The largest absolute Gasteiger partial charge is 0.299 e. The summed E-state index contributed by atoms with van der Waals surface area (Å²) in [5.74, 6) is 0. The van der Waals surface area contributed by atoms with Gasteiger partial charge in [0.1, 0.15) is 15.5 Å². The van der Waals surface area contributed by atoms with Crippen molar-refractivity contribution in [3.63, 3.8) is 0 Å². The van der Waals surface area contributed by atoms with Gasteiger partial charge in [-0.05, 0) is 26.2 Å². The molecule has 17 heavy (non-hydrogen) atoms. The first kappa shape index (κ1) is 11.3. The van der Waals surface area contributed by atoms with Gasteiger partial charge in [-0.25, -0.2) is 4.98 Å². The number of nitrogens with zero attached hydrogens (tertiary/aromatic N) is 3. The molecule has 0 aromatic carbocycles. The monoisotopic (exact) mass is 266 g/mol. The average molecular weight is 266 g/mol. The summed E-state index contributed by atoms with van der Waals surface area (Å²) in [4.78, 5) is 4.63. The van der Waals surface area contributed by atoms with Crippen LogP contribution in [0.1, 0.15) is 35.0 Å². The quantitative estimate of drug-likeness (QED) is 0.923. The molecule has 2 aromatic rings. The number of nitrogens with one attached hydrogen (secondary N) is 1. The Morgan fingerprint density at radius 2 is 2.29 bits per heavy atom. The standard InChI is InChI=1S/C11H14N4S2/c1-8-6-16-10(14-8)11(3-2-4-11)12-5-9-15-13-7-17-9/h6-7,12H,2-5H2,1H3. The van der Waals surface area contributed by atoms with E-state index in [1.54, 1.807) is 28.2 Å². The summed E-state index contributed by atoms with van der Waals surface area (Å²) in [6.07, 6.45) is 3.64. The first-order valence-electron chi connectivity index (χ1n) is 5.71. The third-order valence-electron chi connectivity index (χ3n) is 3.22. The molecule has 1 aliphatic carbocycles. The molecule has 1 fully saturated rings. The molecule has 0 unspecified atom stereocenters. The molecule has 0 atom stereocenters. The fraction of sp³-hybridized carbons (Fsp3) is 0.545. The van der Waals surface area contributed by atoms with Crippen LogP contribution in [0.4, 0.5) is 0 Å². The summed E-state index contributed by atoms with van der Waals surface area (Å²) >= 11 is 3.36. The van der Waals surface area contributed by atoms with Gasteiger partial charge < -0.3 is 0 Å². The molecule has 3 rings (SSSR count). The molecule has 2 heterocycles. The third kappa shape index (κ3) is 2.12. The highest BCUT2D eigenvalue weighted by Gasteiger charge is 2.40. The fourth-order valence-electron chi connectivity index (χ4n) is 2.09. The maximum Gasteiger partial charge on any atom is 0.131 e. The highest BCUT2D eigenvalue weighted by molar-refractivity contribution is 7.10. The normalized spacial score (nSPS) is 17.9. The topological polar surface area (TPSA) is 50.7 Å². The highest BCUT2D eigenvalue weighted by Crippen LogP contribution is 2.42. The van der Waals surface area contributed by atoms with Crippen LogP contribution in [0.5, 0.6) is 0 Å². The highest BCUT2D eigenvalue weighted by atomic mass is 32.1. The fourth-order valence-corrected chi connectivity index (χ4v) is 3.59. The van der Waals surface area contributed by atoms with Crippen LogP contribution in [-0.2, 0) is 12.1 Å². The third-order valence-corrected chi connectivity index (χ3v) is 5.08. The molecule has 4 nitrogen and oxygen atoms in total. The summed E-state index contributed by atoms with van der Waals surface area (Å²) in [6, 6.07) is 0. The van der Waals surface area contributed by atoms with Crippen molar-refractivity contribution in [1.82, 2.24) is 20.5 Å². The maximum absolute atomic E-state index is 4.63. The Kier molecular flexibility index (Phi) is 2.94. The van der Waals surface area contributed by atoms with Crippen molar-refractivity contribution in [3.05, 3.63) is 26.6 Å². The van der Waals surface area contributed by atoms with Crippen molar-refractivity contribution in [2.45, 2.75) is 38.3 Å². The second-order valence-corrected chi connectivity index (χ2v) is 6.19. The SMILES string of the molecule is Cc1csc(C2(NCc3nncs3)CCC2)n1. The lowest BCUT2D eigenvalue weighted by molar-refractivity contribution is 0.182. The van der Waals surface area contributed by atoms with Crippen LogP contribution in [-0.4, -0.2) is 15.2 Å². The van der Waals surface area contributed by atoms with E-state index in [4.69, 9.17) is 0 Å². The predicted octanol–water partition coefficient (Wildman–Crippen LogP) is 2.47. The Balaban J connectivity index is 1.74. The zero-order chi connectivity index (χ0) is 11.7. The second-order valence-electron chi connectivity index (χ2n) is 4.42. The van der Waals surface area contributed by atoms with E-state index in [9.17, 15) is 0 Å². The maximum atomic E-state index is 4.63. The van der Waals surface area contributed by atoms with E-state index < -0.39 is 0 Å². The summed E-state index contributed by atoms with van der Waals surface area (Å²) < 4.78 is 0. The number of hydrogen-bond acceptors (Lipinski definition) is 6. The van der Waals surface area contributed by atoms with Crippen molar-refractivity contribution in [2.24, 2.45) is 0 Å². The lowest BCUT2D eigenvalue weighted by Gasteiger charge is -2.40. The molecule has 0 aliphatic heterocycles. The number of rotatable bonds is 4. The van der Waals surface area contributed by atoms with Gasteiger partial charge in [0.05, 0.1) is 12.1 Å². The van der Waals surface area contributed by atoms with Gasteiger partial charge in [-0.2, -0.15) is 0 Å². The number of aromatic nitrogens is 3. The van der Waals surface area contributed by atoms with Crippen LogP contribution in [0.25, 0.3) is 0 Å². The minimum atomic E-state index is 0.102. The Bertz CT molecular complexity index is 487. The molecule has 1 N–H and O–H groups in total. The van der Waals surface area contributed by atoms with Crippen LogP contribution in [0.3, 0.4) is 0 Å². The Labute approximate surface area is 108 Å². The summed E-state index contributed by atoms with van der Waals surface area (Å²) in [5, 5.41) is 15.9. The first-order valence-corrected chi connectivity index (χ1v) is 7.47. The molecule has 1 saturated carbocycles. The smallest absolute Gasteiger partial charge is 0.131 e. The van der Waals surface area contributed by atoms with Gasteiger partial charge >= 0.3 is 0 Å². The van der Waals surface area contributed by atoms with Gasteiger partial charge in [0.25, 0.3) is 0 Å². The lowest BCUT2D eigenvalue weighted by atomic mass is 9.77. The molecule has 0 bridgehead atoms. The van der Waals surface area contributed by atoms with E-state index in [1.807, 2.05) is 0 Å². The molecule has 6 heteroatoms. The first-order chi connectivity index (χ1) is 8.28. The van der Waals surface area contributed by atoms with Crippen molar-refractivity contribution < 1.29 is 0 Å². The van der Waals surface area contributed by atoms with Crippen LogP contribution in [0, 0.1) is 6.92 Å². The predicted molar refractivity (Wildman–Crippen MR) is 69.1 cm³/mol. The summed E-state index contributed by atoms with van der Waals surface area (Å²) in [6.45, 7) is 2.85. The van der Waals surface area contributed by atoms with Crippen molar-refractivity contribution in [3.8, 4) is 0 Å². The second kappa shape index (κ2) is 4.44. The minimum absolute atomic E-state index is 0.102. The van der Waals surface area contributed by atoms with Crippen molar-refractivity contribution in [1.29, 1.82) is 0 Å². The van der Waals surface area contributed by atoms with E-state index in [-0.39, 0.29) is 5.54 Å². The lowest BCUT2D eigenvalue weighted by Crippen LogP contribution is -2.47. The van der Waals surface area contributed by atoms with Gasteiger partial charge in [-0.15, -0.1) is 32.9 Å². The zero-order valence-corrected chi connectivity index (χ0v) is 11.3. The van der Waals surface area contributed by atoms with E-state index in [1.165, 1.54) is 24.3 Å². The Morgan fingerprint density at radius 3 is 2.82 bits per heavy atom. The van der Waals surface area contributed by atoms with E-state index in [2.05, 4.69) is 32.8 Å². The summed E-state index contributed by atoms with van der Waals surface area (Å²) in [7, 11) is 0. The van der Waals surface area contributed by atoms with Gasteiger partial charge in [0, 0.05) is 11.1 Å². The van der Waals surface area contributed by atoms with E-state index >= 15 is 0 Å². The van der Waals surface area contributed by atoms with Crippen LogP contribution >= 0.6 is 22.7 Å². The van der Waals surface area contributed by atoms with E-state index in [0.29, 0.717) is 0 Å². The van der Waals surface area contributed by atoms with Gasteiger partial charge in [-0.3, -0.25) is 5.32 Å². The van der Waals surface area contributed by atoms with Gasteiger partial charge in [-0.1, -0.05) is 0 Å². The molecule has 2 aromatic heterocycles. The van der Waals surface area contributed by atoms with Gasteiger partial charge in [0.15, 0.2) is 0 Å². The average Bonchev–Trinajstić information content (AvgIpc) is 2.88. The molecular weight excluding hydrogens is 252 g/mol. The number of hydrogen-bond donors (Lipinski definition) is 1. The molecule has 0 radical (unpaired) electrons. The van der Waals surface area contributed by atoms with Crippen molar-refractivity contribution >= 4 is 22.7 Å². The molecule has 0 amide bonds. The van der Waals surface area contributed by atoms with E-state index in [0.717, 1.165) is 17.2 Å². The van der Waals surface area contributed by atoms with Gasteiger partial charge in [0.2, 0.25) is 0 Å². The van der Waals surface area contributed by atoms with Crippen LogP contribution in [0.2, 0.25) is 0 Å². The molecule has 1 aliphatic rings. The molecule has 90 valence electrons. The Morgan fingerprint density at radius 1 is 1.41 bits per heavy atom. The zero-order valence-electron chi connectivity index (χ0n) is 9.64. The molecule has 0 spiro atoms.